The Bertz CT molecular complexity index is 815. The normalized spacial score (nSPS) is 10.3. The summed E-state index contributed by atoms with van der Waals surface area (Å²) in [4.78, 5) is 22.9. The largest absolute Gasteiger partial charge is 0.465 e. The van der Waals surface area contributed by atoms with Crippen LogP contribution in [0.2, 0.25) is 0 Å². The van der Waals surface area contributed by atoms with Gasteiger partial charge in [0.2, 0.25) is 0 Å². The standard InChI is InChI=1S/C20H16O5/c1-23-19(21)15-7-3-13(4-8-15)17-11-12-18(25-17)14-5-9-16(10-6-14)20(22)24-2/h3-12H,1-2H3. The van der Waals surface area contributed by atoms with Crippen molar-refractivity contribution in [3.8, 4) is 22.6 Å². The first kappa shape index (κ1) is 16.5. The Labute approximate surface area is 144 Å². The van der Waals surface area contributed by atoms with Gasteiger partial charge in [0.15, 0.2) is 0 Å². The molecule has 1 aromatic heterocycles. The zero-order valence-corrected chi connectivity index (χ0v) is 13.8. The fraction of sp³-hybridized carbons (Fsp3) is 0.100. The molecule has 0 aliphatic heterocycles. The first-order valence-corrected chi connectivity index (χ1v) is 7.59. The molecular formula is C20H16O5. The molecule has 0 fully saturated rings. The molecule has 0 aliphatic rings. The first-order chi connectivity index (χ1) is 12.1. The molecule has 0 unspecified atom stereocenters. The molecule has 3 aromatic rings. The number of ether oxygens (including phenoxy) is 2. The Morgan fingerprint density at radius 3 is 1.32 bits per heavy atom. The van der Waals surface area contributed by atoms with Crippen LogP contribution >= 0.6 is 0 Å². The quantitative estimate of drug-likeness (QED) is 0.669. The van der Waals surface area contributed by atoms with Crippen LogP contribution in [-0.2, 0) is 9.47 Å². The molecule has 0 saturated carbocycles. The lowest BCUT2D eigenvalue weighted by molar-refractivity contribution is 0.0592. The topological polar surface area (TPSA) is 65.7 Å². The molecule has 1 heterocycles. The van der Waals surface area contributed by atoms with Crippen LogP contribution in [0.3, 0.4) is 0 Å². The number of benzene rings is 2. The fourth-order valence-corrected chi connectivity index (χ4v) is 2.43. The molecule has 5 heteroatoms. The van der Waals surface area contributed by atoms with Crippen LogP contribution in [0.5, 0.6) is 0 Å². The monoisotopic (exact) mass is 336 g/mol. The highest BCUT2D eigenvalue weighted by Gasteiger charge is 2.10. The summed E-state index contributed by atoms with van der Waals surface area (Å²) in [6.07, 6.45) is 0. The van der Waals surface area contributed by atoms with Crippen molar-refractivity contribution >= 4 is 11.9 Å². The van der Waals surface area contributed by atoms with Gasteiger partial charge in [0.25, 0.3) is 0 Å². The number of furan rings is 1. The van der Waals surface area contributed by atoms with Crippen LogP contribution in [0.25, 0.3) is 22.6 Å². The van der Waals surface area contributed by atoms with E-state index in [9.17, 15) is 9.59 Å². The van der Waals surface area contributed by atoms with Gasteiger partial charge in [-0.1, -0.05) is 24.3 Å². The van der Waals surface area contributed by atoms with Crippen LogP contribution in [0.15, 0.2) is 65.1 Å². The Balaban J connectivity index is 1.82. The van der Waals surface area contributed by atoms with E-state index in [2.05, 4.69) is 9.47 Å². The lowest BCUT2D eigenvalue weighted by atomic mass is 10.1. The van der Waals surface area contributed by atoms with Gasteiger partial charge in [-0.2, -0.15) is 0 Å². The third kappa shape index (κ3) is 3.45. The molecular weight excluding hydrogens is 320 g/mol. The van der Waals surface area contributed by atoms with Gasteiger partial charge in [0, 0.05) is 11.1 Å². The number of esters is 2. The number of carbonyl (C=O) groups excluding carboxylic acids is 2. The summed E-state index contributed by atoms with van der Waals surface area (Å²) < 4.78 is 15.2. The van der Waals surface area contributed by atoms with Crippen LogP contribution in [0.1, 0.15) is 20.7 Å². The molecule has 0 N–H and O–H groups in total. The summed E-state index contributed by atoms with van der Waals surface area (Å²) in [7, 11) is 2.70. The number of hydrogen-bond acceptors (Lipinski definition) is 5. The predicted molar refractivity (Wildman–Crippen MR) is 92.3 cm³/mol. The fourth-order valence-electron chi connectivity index (χ4n) is 2.43. The lowest BCUT2D eigenvalue weighted by Crippen LogP contribution is -2.00. The zero-order valence-electron chi connectivity index (χ0n) is 13.8. The zero-order chi connectivity index (χ0) is 17.8. The van der Waals surface area contributed by atoms with E-state index in [1.807, 2.05) is 12.1 Å². The second-order valence-electron chi connectivity index (χ2n) is 5.30. The number of rotatable bonds is 4. The summed E-state index contributed by atoms with van der Waals surface area (Å²) in [5.74, 6) is 0.613. The maximum atomic E-state index is 11.5. The summed E-state index contributed by atoms with van der Waals surface area (Å²) in [6.45, 7) is 0. The number of carbonyl (C=O) groups is 2. The van der Waals surface area contributed by atoms with Crippen molar-refractivity contribution in [3.63, 3.8) is 0 Å². The second-order valence-corrected chi connectivity index (χ2v) is 5.30. The highest BCUT2D eigenvalue weighted by atomic mass is 16.5. The van der Waals surface area contributed by atoms with Crippen LogP contribution < -0.4 is 0 Å². The van der Waals surface area contributed by atoms with Crippen molar-refractivity contribution in [1.29, 1.82) is 0 Å². The van der Waals surface area contributed by atoms with E-state index in [1.54, 1.807) is 48.5 Å². The first-order valence-electron chi connectivity index (χ1n) is 7.59. The molecule has 5 nitrogen and oxygen atoms in total. The predicted octanol–water partition coefficient (Wildman–Crippen LogP) is 4.19. The van der Waals surface area contributed by atoms with E-state index in [0.29, 0.717) is 22.6 Å². The molecule has 0 saturated heterocycles. The van der Waals surface area contributed by atoms with Gasteiger partial charge < -0.3 is 13.9 Å². The average Bonchev–Trinajstić information content (AvgIpc) is 3.17. The van der Waals surface area contributed by atoms with E-state index >= 15 is 0 Å². The van der Waals surface area contributed by atoms with Crippen molar-refractivity contribution in [2.45, 2.75) is 0 Å². The van der Waals surface area contributed by atoms with Gasteiger partial charge in [-0.15, -0.1) is 0 Å². The molecule has 3 rings (SSSR count). The van der Waals surface area contributed by atoms with Crippen LogP contribution in [0, 0.1) is 0 Å². The minimum Gasteiger partial charge on any atom is -0.465 e. The average molecular weight is 336 g/mol. The minimum atomic E-state index is -0.377. The molecule has 0 aliphatic carbocycles. The molecule has 0 amide bonds. The number of methoxy groups -OCH3 is 2. The van der Waals surface area contributed by atoms with Gasteiger partial charge in [0.05, 0.1) is 25.3 Å². The minimum absolute atomic E-state index is 0.377. The molecule has 2 aromatic carbocycles. The third-order valence-electron chi connectivity index (χ3n) is 3.79. The summed E-state index contributed by atoms with van der Waals surface area (Å²) in [5.41, 5.74) is 2.67. The van der Waals surface area contributed by atoms with Crippen molar-refractivity contribution < 1.29 is 23.5 Å². The molecule has 126 valence electrons. The van der Waals surface area contributed by atoms with Crippen molar-refractivity contribution in [1.82, 2.24) is 0 Å². The van der Waals surface area contributed by atoms with E-state index < -0.39 is 0 Å². The Kier molecular flexibility index (Phi) is 4.66. The molecule has 0 bridgehead atoms. The maximum absolute atomic E-state index is 11.5. The van der Waals surface area contributed by atoms with Gasteiger partial charge in [-0.05, 0) is 36.4 Å². The summed E-state index contributed by atoms with van der Waals surface area (Å²) in [5, 5.41) is 0. The van der Waals surface area contributed by atoms with E-state index in [0.717, 1.165) is 11.1 Å². The molecule has 0 atom stereocenters. The van der Waals surface area contributed by atoms with Gasteiger partial charge in [-0.3, -0.25) is 0 Å². The van der Waals surface area contributed by atoms with Gasteiger partial charge >= 0.3 is 11.9 Å². The second kappa shape index (κ2) is 7.05. The van der Waals surface area contributed by atoms with Gasteiger partial charge in [0.1, 0.15) is 11.5 Å². The van der Waals surface area contributed by atoms with Crippen molar-refractivity contribution in [3.05, 3.63) is 71.8 Å². The van der Waals surface area contributed by atoms with Crippen LogP contribution in [-0.4, -0.2) is 26.2 Å². The summed E-state index contributed by atoms with van der Waals surface area (Å²) in [6, 6.07) is 17.7. The third-order valence-corrected chi connectivity index (χ3v) is 3.79. The highest BCUT2D eigenvalue weighted by molar-refractivity contribution is 5.90. The van der Waals surface area contributed by atoms with E-state index in [1.165, 1.54) is 14.2 Å². The molecule has 0 spiro atoms. The Morgan fingerprint density at radius 2 is 1.00 bits per heavy atom. The van der Waals surface area contributed by atoms with Crippen molar-refractivity contribution in [2.75, 3.05) is 14.2 Å². The highest BCUT2D eigenvalue weighted by Crippen LogP contribution is 2.29. The van der Waals surface area contributed by atoms with Gasteiger partial charge in [-0.25, -0.2) is 9.59 Å². The lowest BCUT2D eigenvalue weighted by Gasteiger charge is -2.02. The number of hydrogen-bond donors (Lipinski definition) is 0. The Morgan fingerprint density at radius 1 is 0.640 bits per heavy atom. The van der Waals surface area contributed by atoms with Crippen molar-refractivity contribution in [2.24, 2.45) is 0 Å². The smallest absolute Gasteiger partial charge is 0.337 e. The molecule has 0 radical (unpaired) electrons. The van der Waals surface area contributed by atoms with E-state index in [-0.39, 0.29) is 11.9 Å². The SMILES string of the molecule is COC(=O)c1ccc(-c2ccc(-c3ccc(C(=O)OC)cc3)o2)cc1. The Hall–Kier alpha value is -3.34. The summed E-state index contributed by atoms with van der Waals surface area (Å²) >= 11 is 0. The maximum Gasteiger partial charge on any atom is 0.337 e. The van der Waals surface area contributed by atoms with Crippen LogP contribution in [0.4, 0.5) is 0 Å². The van der Waals surface area contributed by atoms with E-state index in [4.69, 9.17) is 4.42 Å². The molecule has 25 heavy (non-hydrogen) atoms.